The van der Waals surface area contributed by atoms with Gasteiger partial charge in [0.05, 0.1) is 16.8 Å². The second kappa shape index (κ2) is 7.21. The third-order valence-corrected chi connectivity index (χ3v) is 5.47. The molecule has 0 unspecified atom stereocenters. The van der Waals surface area contributed by atoms with Crippen molar-refractivity contribution in [2.75, 3.05) is 17.6 Å². The van der Waals surface area contributed by atoms with Crippen molar-refractivity contribution in [2.45, 2.75) is 12.8 Å². The zero-order valence-corrected chi connectivity index (χ0v) is 17.0. The van der Waals surface area contributed by atoms with Gasteiger partial charge in [0.25, 0.3) is 0 Å². The van der Waals surface area contributed by atoms with E-state index in [4.69, 9.17) is 33.9 Å². The Bertz CT molecular complexity index is 1200. The number of fused-ring (bicyclic) bond motifs is 1. The van der Waals surface area contributed by atoms with Crippen LogP contribution in [0, 0.1) is 5.92 Å². The predicted molar refractivity (Wildman–Crippen MR) is 118 cm³/mol. The fourth-order valence-corrected chi connectivity index (χ4v) is 3.59. The number of nitrogens with zero attached hydrogens (tertiary/aromatic N) is 4. The highest BCUT2D eigenvalue weighted by atomic mass is 35.5. The minimum Gasteiger partial charge on any atom is -0.383 e. The average molecular weight is 425 g/mol. The van der Waals surface area contributed by atoms with Crippen LogP contribution in [0.25, 0.3) is 28.0 Å². The lowest BCUT2D eigenvalue weighted by atomic mass is 10.1. The zero-order valence-electron chi connectivity index (χ0n) is 15.4. The molecule has 8 heteroatoms. The van der Waals surface area contributed by atoms with Crippen LogP contribution in [-0.2, 0) is 0 Å². The number of benzene rings is 2. The van der Waals surface area contributed by atoms with Crippen molar-refractivity contribution in [1.82, 2.24) is 19.7 Å². The van der Waals surface area contributed by atoms with Gasteiger partial charge in [-0.05, 0) is 55.2 Å². The fourth-order valence-electron chi connectivity index (χ4n) is 3.27. The van der Waals surface area contributed by atoms with Crippen LogP contribution in [0.4, 0.5) is 11.8 Å². The Labute approximate surface area is 177 Å². The summed E-state index contributed by atoms with van der Waals surface area (Å²) in [6.45, 7) is 0.855. The molecule has 1 aliphatic rings. The molecule has 2 heterocycles. The molecular weight excluding hydrogens is 407 g/mol. The number of hydrogen-bond acceptors (Lipinski definition) is 5. The van der Waals surface area contributed by atoms with Crippen LogP contribution in [-0.4, -0.2) is 26.3 Å². The van der Waals surface area contributed by atoms with Gasteiger partial charge in [-0.2, -0.15) is 4.98 Å². The lowest BCUT2D eigenvalue weighted by molar-refractivity contribution is 0.872. The fraction of sp³-hybridized carbons (Fsp3) is 0.190. The van der Waals surface area contributed by atoms with Crippen LogP contribution >= 0.6 is 23.2 Å². The Kier molecular flexibility index (Phi) is 4.53. The monoisotopic (exact) mass is 424 g/mol. The minimum atomic E-state index is 0.464. The standard InChI is InChI=1S/C21H18Cl2N6/c22-14-6-8-16(9-7-14)29-19(24)17-18(13-2-1-3-15(23)10-13)26-21(27-20(17)28-29)25-11-12-4-5-12/h1-3,6-10,12H,4-5,11,24H2,(H,25,27,28). The van der Waals surface area contributed by atoms with Crippen LogP contribution < -0.4 is 11.1 Å². The van der Waals surface area contributed by atoms with E-state index >= 15 is 0 Å². The molecule has 3 N–H and O–H groups in total. The number of halogens is 2. The highest BCUT2D eigenvalue weighted by Gasteiger charge is 2.23. The molecule has 0 aliphatic heterocycles. The minimum absolute atomic E-state index is 0.464. The van der Waals surface area contributed by atoms with Gasteiger partial charge in [0.2, 0.25) is 5.95 Å². The van der Waals surface area contributed by atoms with Crippen molar-refractivity contribution in [2.24, 2.45) is 5.92 Å². The summed E-state index contributed by atoms with van der Waals surface area (Å²) in [6, 6.07) is 14.9. The quantitative estimate of drug-likeness (QED) is 0.460. The average Bonchev–Trinajstić information content (AvgIpc) is 3.49. The molecular formula is C21H18Cl2N6. The van der Waals surface area contributed by atoms with Gasteiger partial charge >= 0.3 is 0 Å². The molecule has 1 fully saturated rings. The Balaban J connectivity index is 1.69. The zero-order chi connectivity index (χ0) is 20.0. The van der Waals surface area contributed by atoms with Crippen molar-refractivity contribution >= 4 is 46.0 Å². The molecule has 0 bridgehead atoms. The first-order valence-corrected chi connectivity index (χ1v) is 10.2. The summed E-state index contributed by atoms with van der Waals surface area (Å²) in [6.07, 6.45) is 2.49. The normalized spacial score (nSPS) is 13.7. The van der Waals surface area contributed by atoms with Crippen LogP contribution in [0.1, 0.15) is 12.8 Å². The van der Waals surface area contributed by atoms with Gasteiger partial charge in [0, 0.05) is 22.2 Å². The number of anilines is 2. The molecule has 0 atom stereocenters. The summed E-state index contributed by atoms with van der Waals surface area (Å²) in [5.74, 6) is 1.70. The Hall–Kier alpha value is -2.83. The summed E-state index contributed by atoms with van der Waals surface area (Å²) < 4.78 is 1.66. The number of hydrogen-bond donors (Lipinski definition) is 2. The third kappa shape index (κ3) is 3.61. The SMILES string of the molecule is Nc1c2c(-c3cccc(Cl)c3)nc(NCC3CC3)nc2nn1-c1ccc(Cl)cc1. The summed E-state index contributed by atoms with van der Waals surface area (Å²) in [4.78, 5) is 9.37. The molecule has 1 aliphatic carbocycles. The number of rotatable bonds is 5. The second-order valence-corrected chi connectivity index (χ2v) is 8.08. The first-order chi connectivity index (χ1) is 14.1. The second-order valence-electron chi connectivity index (χ2n) is 7.20. The molecule has 29 heavy (non-hydrogen) atoms. The number of nitrogens with one attached hydrogen (secondary N) is 1. The predicted octanol–water partition coefficient (Wildman–Crippen LogP) is 5.19. The van der Waals surface area contributed by atoms with Gasteiger partial charge in [0.15, 0.2) is 5.65 Å². The summed E-state index contributed by atoms with van der Waals surface area (Å²) in [7, 11) is 0. The number of nitrogen functional groups attached to an aromatic ring is 1. The maximum atomic E-state index is 6.50. The van der Waals surface area contributed by atoms with Gasteiger partial charge in [0.1, 0.15) is 5.82 Å². The van der Waals surface area contributed by atoms with E-state index in [2.05, 4.69) is 15.4 Å². The van der Waals surface area contributed by atoms with Crippen LogP contribution in [0.5, 0.6) is 0 Å². The van der Waals surface area contributed by atoms with Gasteiger partial charge in [-0.15, -0.1) is 5.10 Å². The summed E-state index contributed by atoms with van der Waals surface area (Å²) in [5, 5.41) is 9.96. The molecule has 1 saturated carbocycles. The van der Waals surface area contributed by atoms with Gasteiger partial charge in [-0.25, -0.2) is 9.67 Å². The molecule has 0 radical (unpaired) electrons. The molecule has 0 amide bonds. The van der Waals surface area contributed by atoms with Crippen LogP contribution in [0.2, 0.25) is 10.0 Å². The van der Waals surface area contributed by atoms with E-state index in [0.29, 0.717) is 44.5 Å². The highest BCUT2D eigenvalue weighted by Crippen LogP contribution is 2.34. The van der Waals surface area contributed by atoms with Crippen molar-refractivity contribution in [3.05, 3.63) is 58.6 Å². The number of aromatic nitrogens is 4. The summed E-state index contributed by atoms with van der Waals surface area (Å²) >= 11 is 12.2. The Morgan fingerprint density at radius 1 is 1.03 bits per heavy atom. The smallest absolute Gasteiger partial charge is 0.225 e. The van der Waals surface area contributed by atoms with Gasteiger partial charge in [-0.1, -0.05) is 35.3 Å². The van der Waals surface area contributed by atoms with Crippen LogP contribution in [0.3, 0.4) is 0 Å². The molecule has 6 nitrogen and oxygen atoms in total. The number of nitrogens with two attached hydrogens (primary N) is 1. The lowest BCUT2D eigenvalue weighted by Gasteiger charge is -2.08. The van der Waals surface area contributed by atoms with Crippen molar-refractivity contribution in [3.63, 3.8) is 0 Å². The van der Waals surface area contributed by atoms with Gasteiger partial charge in [-0.3, -0.25) is 0 Å². The summed E-state index contributed by atoms with van der Waals surface area (Å²) in [5.41, 5.74) is 9.40. The molecule has 146 valence electrons. The van der Waals surface area contributed by atoms with E-state index in [1.807, 2.05) is 36.4 Å². The highest BCUT2D eigenvalue weighted by molar-refractivity contribution is 6.31. The Morgan fingerprint density at radius 2 is 1.83 bits per heavy atom. The third-order valence-electron chi connectivity index (χ3n) is 4.98. The molecule has 0 spiro atoms. The molecule has 0 saturated heterocycles. The molecule has 5 rings (SSSR count). The van der Waals surface area contributed by atoms with E-state index in [0.717, 1.165) is 17.8 Å². The van der Waals surface area contributed by atoms with E-state index in [1.165, 1.54) is 12.8 Å². The van der Waals surface area contributed by atoms with E-state index < -0.39 is 0 Å². The molecule has 4 aromatic rings. The molecule has 2 aromatic heterocycles. The maximum absolute atomic E-state index is 6.50. The molecule has 2 aromatic carbocycles. The Morgan fingerprint density at radius 3 is 2.55 bits per heavy atom. The van der Waals surface area contributed by atoms with E-state index in [9.17, 15) is 0 Å². The lowest BCUT2D eigenvalue weighted by Crippen LogP contribution is -2.07. The maximum Gasteiger partial charge on any atom is 0.225 e. The van der Waals surface area contributed by atoms with Gasteiger partial charge < -0.3 is 11.1 Å². The van der Waals surface area contributed by atoms with E-state index in [1.54, 1.807) is 16.8 Å². The van der Waals surface area contributed by atoms with Crippen molar-refractivity contribution in [3.8, 4) is 16.9 Å². The largest absolute Gasteiger partial charge is 0.383 e. The van der Waals surface area contributed by atoms with Crippen LogP contribution in [0.15, 0.2) is 48.5 Å². The van der Waals surface area contributed by atoms with Crippen molar-refractivity contribution < 1.29 is 0 Å². The first kappa shape index (κ1) is 18.2. The van der Waals surface area contributed by atoms with Crippen molar-refractivity contribution in [1.29, 1.82) is 0 Å². The first-order valence-electron chi connectivity index (χ1n) is 9.40. The van der Waals surface area contributed by atoms with E-state index in [-0.39, 0.29) is 0 Å². The topological polar surface area (TPSA) is 81.7 Å².